The van der Waals surface area contributed by atoms with Crippen LogP contribution in [0.1, 0.15) is 115 Å². The van der Waals surface area contributed by atoms with Crippen LogP contribution in [-0.4, -0.2) is 13.0 Å². The summed E-state index contributed by atoms with van der Waals surface area (Å²) in [5.41, 5.74) is 2.32. The van der Waals surface area contributed by atoms with Crippen LogP contribution in [-0.2, 0) is 23.0 Å². The first-order valence-electron chi connectivity index (χ1n) is 13.0. The molecule has 0 atom stereocenters. The SMILES string of the molecule is CCCCCCCCCc1ccc2cc(S(=O)(=O)[O-])cc(CCCCCCCCC)c2c1.[Na+]. The summed E-state index contributed by atoms with van der Waals surface area (Å²) in [7, 11) is -4.45. The second-order valence-corrected chi connectivity index (χ2v) is 10.7. The predicted octanol–water partition coefficient (Wildman–Crippen LogP) is 5.33. The van der Waals surface area contributed by atoms with E-state index in [2.05, 4.69) is 26.0 Å². The molecule has 0 radical (unpaired) electrons. The van der Waals surface area contributed by atoms with Gasteiger partial charge in [0.15, 0.2) is 0 Å². The van der Waals surface area contributed by atoms with E-state index in [1.54, 1.807) is 12.1 Å². The fraction of sp³-hybridized carbons (Fsp3) is 0.643. The third-order valence-corrected chi connectivity index (χ3v) is 7.30. The van der Waals surface area contributed by atoms with Crippen LogP contribution >= 0.6 is 0 Å². The Morgan fingerprint density at radius 2 is 1.18 bits per heavy atom. The molecule has 0 aromatic heterocycles. The van der Waals surface area contributed by atoms with Gasteiger partial charge in [0.1, 0.15) is 10.1 Å². The first-order valence-corrected chi connectivity index (χ1v) is 14.4. The number of fused-ring (bicyclic) bond motifs is 1. The molecule has 180 valence electrons. The molecule has 0 saturated heterocycles. The number of hydrogen-bond donors (Lipinski definition) is 0. The Kier molecular flexibility index (Phi) is 15.9. The monoisotopic (exact) mass is 482 g/mol. The zero-order valence-corrected chi connectivity index (χ0v) is 24.1. The maximum Gasteiger partial charge on any atom is 1.00 e. The van der Waals surface area contributed by atoms with E-state index in [1.165, 1.54) is 82.6 Å². The molecular weight excluding hydrogens is 439 g/mol. The van der Waals surface area contributed by atoms with Crippen molar-refractivity contribution in [2.75, 3.05) is 0 Å². The van der Waals surface area contributed by atoms with Gasteiger partial charge in [-0.25, -0.2) is 8.42 Å². The Bertz CT molecular complexity index is 909. The van der Waals surface area contributed by atoms with Gasteiger partial charge in [-0.3, -0.25) is 0 Å². The van der Waals surface area contributed by atoms with Crippen LogP contribution in [0.15, 0.2) is 35.2 Å². The van der Waals surface area contributed by atoms with E-state index in [-0.39, 0.29) is 34.5 Å². The minimum atomic E-state index is -4.45. The first kappa shape index (κ1) is 30.6. The summed E-state index contributed by atoms with van der Waals surface area (Å²) in [6.45, 7) is 4.47. The quantitative estimate of drug-likeness (QED) is 0.174. The molecule has 0 amide bonds. The molecule has 2 aromatic rings. The summed E-state index contributed by atoms with van der Waals surface area (Å²) < 4.78 is 35.1. The fourth-order valence-corrected chi connectivity index (χ4v) is 5.08. The standard InChI is InChI=1S/C28H44O3S.Na/c1-3-5-7-9-11-13-15-17-24-19-20-26-23-27(32(29,30)31)22-25(28(26)21-24)18-16-14-12-10-8-6-4-2;/h19-23H,3-18H2,1-2H3,(H,29,30,31);/q;+1/p-1. The molecule has 0 fully saturated rings. The largest absolute Gasteiger partial charge is 1.00 e. The summed E-state index contributed by atoms with van der Waals surface area (Å²) in [4.78, 5) is -0.0947. The minimum absolute atomic E-state index is 0. The van der Waals surface area contributed by atoms with E-state index in [0.717, 1.165) is 42.0 Å². The van der Waals surface area contributed by atoms with Crippen molar-refractivity contribution in [1.82, 2.24) is 0 Å². The van der Waals surface area contributed by atoms with Gasteiger partial charge < -0.3 is 4.55 Å². The number of aryl methyl sites for hydroxylation is 2. The van der Waals surface area contributed by atoms with Crippen molar-refractivity contribution in [3.63, 3.8) is 0 Å². The summed E-state index contributed by atoms with van der Waals surface area (Å²) >= 11 is 0. The van der Waals surface area contributed by atoms with Gasteiger partial charge in [0.25, 0.3) is 0 Å². The molecule has 0 saturated carbocycles. The Labute approximate surface area is 225 Å². The zero-order valence-electron chi connectivity index (χ0n) is 21.3. The van der Waals surface area contributed by atoms with E-state index in [0.29, 0.717) is 0 Å². The average Bonchev–Trinajstić information content (AvgIpc) is 2.77. The fourth-order valence-electron chi connectivity index (χ4n) is 4.52. The molecule has 0 aliphatic rings. The topological polar surface area (TPSA) is 57.2 Å². The normalized spacial score (nSPS) is 11.6. The number of unbranched alkanes of at least 4 members (excludes halogenated alkanes) is 12. The molecule has 33 heavy (non-hydrogen) atoms. The van der Waals surface area contributed by atoms with Gasteiger partial charge in [0.05, 0.1) is 4.90 Å². The van der Waals surface area contributed by atoms with E-state index in [4.69, 9.17) is 0 Å². The van der Waals surface area contributed by atoms with Crippen LogP contribution in [0.3, 0.4) is 0 Å². The van der Waals surface area contributed by atoms with Crippen molar-refractivity contribution in [1.29, 1.82) is 0 Å². The molecule has 0 unspecified atom stereocenters. The van der Waals surface area contributed by atoms with Gasteiger partial charge in [-0.2, -0.15) is 0 Å². The number of rotatable bonds is 17. The second kappa shape index (κ2) is 17.1. The predicted molar refractivity (Wildman–Crippen MR) is 135 cm³/mol. The molecule has 5 heteroatoms. The van der Waals surface area contributed by atoms with Crippen LogP contribution < -0.4 is 29.6 Å². The number of benzene rings is 2. The van der Waals surface area contributed by atoms with E-state index < -0.39 is 10.1 Å². The summed E-state index contributed by atoms with van der Waals surface area (Å²) in [5.74, 6) is 0. The Morgan fingerprint density at radius 1 is 0.667 bits per heavy atom. The summed E-state index contributed by atoms with van der Waals surface area (Å²) in [5, 5.41) is 1.98. The second-order valence-electron chi connectivity index (χ2n) is 9.33. The molecule has 0 spiro atoms. The molecule has 0 aliphatic heterocycles. The van der Waals surface area contributed by atoms with Crippen molar-refractivity contribution < 1.29 is 42.5 Å². The maximum absolute atomic E-state index is 11.7. The Morgan fingerprint density at radius 3 is 1.73 bits per heavy atom. The van der Waals surface area contributed by atoms with Crippen molar-refractivity contribution >= 4 is 20.9 Å². The third-order valence-electron chi connectivity index (χ3n) is 6.49. The molecule has 2 aromatic carbocycles. The Hall–Kier alpha value is -0.390. The van der Waals surface area contributed by atoms with Crippen molar-refractivity contribution in [2.45, 2.75) is 121 Å². The molecule has 2 rings (SSSR count). The molecule has 3 nitrogen and oxygen atoms in total. The van der Waals surface area contributed by atoms with Gasteiger partial charge in [0.2, 0.25) is 0 Å². The van der Waals surface area contributed by atoms with Crippen LogP contribution in [0.4, 0.5) is 0 Å². The van der Waals surface area contributed by atoms with E-state index in [1.807, 2.05) is 6.07 Å². The summed E-state index contributed by atoms with van der Waals surface area (Å²) in [6, 6.07) is 9.49. The van der Waals surface area contributed by atoms with E-state index >= 15 is 0 Å². The first-order chi connectivity index (χ1) is 15.5. The third kappa shape index (κ3) is 11.7. The molecule has 0 bridgehead atoms. The maximum atomic E-state index is 11.7. The number of hydrogen-bond acceptors (Lipinski definition) is 3. The van der Waals surface area contributed by atoms with E-state index in [9.17, 15) is 13.0 Å². The smallest absolute Gasteiger partial charge is 0.744 e. The summed E-state index contributed by atoms with van der Waals surface area (Å²) in [6.07, 6.45) is 19.5. The van der Waals surface area contributed by atoms with Crippen LogP contribution in [0.25, 0.3) is 10.8 Å². The van der Waals surface area contributed by atoms with Gasteiger partial charge in [-0.1, -0.05) is 109 Å². The van der Waals surface area contributed by atoms with Crippen molar-refractivity contribution in [3.8, 4) is 0 Å². The molecule has 0 aliphatic carbocycles. The van der Waals surface area contributed by atoms with Crippen LogP contribution in [0.5, 0.6) is 0 Å². The Balaban J connectivity index is 0.00000544. The van der Waals surface area contributed by atoms with Crippen molar-refractivity contribution in [3.05, 3.63) is 41.5 Å². The minimum Gasteiger partial charge on any atom is -0.744 e. The molecule has 0 heterocycles. The van der Waals surface area contributed by atoms with Crippen molar-refractivity contribution in [2.24, 2.45) is 0 Å². The van der Waals surface area contributed by atoms with Gasteiger partial charge >= 0.3 is 29.6 Å². The zero-order chi connectivity index (χ0) is 23.2. The van der Waals surface area contributed by atoms with Crippen LogP contribution in [0.2, 0.25) is 0 Å². The van der Waals surface area contributed by atoms with Gasteiger partial charge in [-0.15, -0.1) is 0 Å². The van der Waals surface area contributed by atoms with Crippen LogP contribution in [0, 0.1) is 0 Å². The van der Waals surface area contributed by atoms with Gasteiger partial charge in [0, 0.05) is 0 Å². The molecule has 0 N–H and O–H groups in total. The molecular formula is C28H43NaO3S. The van der Waals surface area contributed by atoms with Gasteiger partial charge in [-0.05, 0) is 59.7 Å². The average molecular weight is 483 g/mol.